The summed E-state index contributed by atoms with van der Waals surface area (Å²) in [6, 6.07) is 8.69. The monoisotopic (exact) mass is 397 g/mol. The number of alkyl halides is 3. The van der Waals surface area contributed by atoms with Crippen LogP contribution in [0.5, 0.6) is 0 Å². The molecule has 0 fully saturated rings. The molecule has 2 heterocycles. The van der Waals surface area contributed by atoms with Crippen LogP contribution in [0, 0.1) is 0 Å². The summed E-state index contributed by atoms with van der Waals surface area (Å²) in [5.41, 5.74) is -0.696. The fourth-order valence-corrected chi connectivity index (χ4v) is 2.86. The zero-order valence-electron chi connectivity index (χ0n) is 12.4. The number of anilines is 1. The lowest BCUT2D eigenvalue weighted by molar-refractivity contribution is -0.137. The number of aromatic nitrogens is 2. The Hall–Kier alpha value is -2.35. The van der Waals surface area contributed by atoms with Gasteiger partial charge in [-0.25, -0.2) is 0 Å². The van der Waals surface area contributed by atoms with E-state index in [1.54, 1.807) is 31.3 Å². The van der Waals surface area contributed by atoms with Gasteiger partial charge in [0.05, 0.1) is 16.6 Å². The summed E-state index contributed by atoms with van der Waals surface area (Å²) >= 11 is 3.30. The summed E-state index contributed by atoms with van der Waals surface area (Å²) < 4.78 is 41.3. The number of hydrogen-bond donors (Lipinski definition) is 1. The molecule has 2 aromatic heterocycles. The molecule has 0 amide bonds. The molecule has 3 rings (SSSR count). The zero-order chi connectivity index (χ0) is 17.5. The van der Waals surface area contributed by atoms with Gasteiger partial charge in [-0.05, 0) is 29.8 Å². The first-order valence-electron chi connectivity index (χ1n) is 6.88. The molecule has 0 spiro atoms. The largest absolute Gasteiger partial charge is 0.416 e. The van der Waals surface area contributed by atoms with E-state index in [0.29, 0.717) is 10.0 Å². The van der Waals surface area contributed by atoms with E-state index >= 15 is 0 Å². The Kier molecular flexibility index (Phi) is 4.08. The lowest BCUT2D eigenvalue weighted by Crippen LogP contribution is -2.17. The molecule has 24 heavy (non-hydrogen) atoms. The van der Waals surface area contributed by atoms with Gasteiger partial charge >= 0.3 is 6.18 Å². The Morgan fingerprint density at radius 1 is 1.21 bits per heavy atom. The van der Waals surface area contributed by atoms with Gasteiger partial charge in [0, 0.05) is 17.7 Å². The van der Waals surface area contributed by atoms with Crippen LogP contribution in [-0.4, -0.2) is 16.4 Å². The van der Waals surface area contributed by atoms with Gasteiger partial charge in [-0.1, -0.05) is 28.1 Å². The number of rotatable bonds is 2. The fraction of sp³-hybridized carbons (Fsp3) is 0.125. The summed E-state index contributed by atoms with van der Waals surface area (Å²) in [6.07, 6.45) is -3.26. The first-order valence-corrected chi connectivity index (χ1v) is 7.68. The molecule has 0 aliphatic heterocycles. The summed E-state index contributed by atoms with van der Waals surface area (Å²) in [5.74, 6) is 0.169. The Morgan fingerprint density at radius 3 is 2.58 bits per heavy atom. The van der Waals surface area contributed by atoms with Gasteiger partial charge in [0.1, 0.15) is 0 Å². The first kappa shape index (κ1) is 16.5. The SMILES string of the molecule is CNc1nc(=O)c(-c2cccc(Br)c2)c2cc(C(F)(F)F)ccn12. The number of hydrogen-bond acceptors (Lipinski definition) is 3. The van der Waals surface area contributed by atoms with Crippen LogP contribution in [0.25, 0.3) is 16.6 Å². The second-order valence-electron chi connectivity index (χ2n) is 5.04. The van der Waals surface area contributed by atoms with Crippen molar-refractivity contribution in [3.8, 4) is 11.1 Å². The molecule has 1 aromatic carbocycles. The lowest BCUT2D eigenvalue weighted by atomic mass is 10.1. The Bertz CT molecular complexity index is 982. The average Bonchev–Trinajstić information content (AvgIpc) is 2.52. The van der Waals surface area contributed by atoms with Crippen LogP contribution in [0.15, 0.2) is 51.9 Å². The van der Waals surface area contributed by atoms with E-state index in [1.165, 1.54) is 10.6 Å². The minimum Gasteiger partial charge on any atom is -0.358 e. The van der Waals surface area contributed by atoms with Crippen LogP contribution in [0.2, 0.25) is 0 Å². The van der Waals surface area contributed by atoms with Gasteiger partial charge in [0.15, 0.2) is 0 Å². The van der Waals surface area contributed by atoms with Crippen molar-refractivity contribution >= 4 is 27.4 Å². The molecule has 0 aliphatic carbocycles. The minimum atomic E-state index is -4.50. The highest BCUT2D eigenvalue weighted by Crippen LogP contribution is 2.32. The maximum Gasteiger partial charge on any atom is 0.416 e. The van der Waals surface area contributed by atoms with E-state index in [2.05, 4.69) is 26.2 Å². The molecule has 0 radical (unpaired) electrons. The fourth-order valence-electron chi connectivity index (χ4n) is 2.46. The smallest absolute Gasteiger partial charge is 0.358 e. The van der Waals surface area contributed by atoms with Crippen molar-refractivity contribution in [2.75, 3.05) is 12.4 Å². The highest BCUT2D eigenvalue weighted by atomic mass is 79.9. The van der Waals surface area contributed by atoms with Crippen LogP contribution < -0.4 is 10.9 Å². The Balaban J connectivity index is 2.43. The van der Waals surface area contributed by atoms with Crippen molar-refractivity contribution < 1.29 is 13.2 Å². The third kappa shape index (κ3) is 2.89. The summed E-state index contributed by atoms with van der Waals surface area (Å²) in [6.45, 7) is 0. The summed E-state index contributed by atoms with van der Waals surface area (Å²) in [7, 11) is 1.55. The molecule has 0 atom stereocenters. The second-order valence-corrected chi connectivity index (χ2v) is 5.96. The van der Waals surface area contributed by atoms with Crippen molar-refractivity contribution in [1.29, 1.82) is 0 Å². The van der Waals surface area contributed by atoms with E-state index in [0.717, 1.165) is 12.1 Å². The molecule has 0 bridgehead atoms. The molecule has 124 valence electrons. The molecule has 0 unspecified atom stereocenters. The second kappa shape index (κ2) is 5.94. The van der Waals surface area contributed by atoms with Gasteiger partial charge in [0.2, 0.25) is 5.95 Å². The van der Waals surface area contributed by atoms with Gasteiger partial charge in [-0.2, -0.15) is 18.2 Å². The molecule has 4 nitrogen and oxygen atoms in total. The number of benzene rings is 1. The third-order valence-electron chi connectivity index (χ3n) is 3.52. The van der Waals surface area contributed by atoms with Crippen LogP contribution >= 0.6 is 15.9 Å². The average molecular weight is 398 g/mol. The number of pyridine rings is 1. The van der Waals surface area contributed by atoms with Crippen molar-refractivity contribution in [2.24, 2.45) is 0 Å². The predicted octanol–water partition coefficient (Wildman–Crippen LogP) is 4.18. The first-order chi connectivity index (χ1) is 11.3. The Morgan fingerprint density at radius 2 is 1.96 bits per heavy atom. The predicted molar refractivity (Wildman–Crippen MR) is 89.1 cm³/mol. The molecular weight excluding hydrogens is 387 g/mol. The molecular formula is C16H11BrF3N3O. The lowest BCUT2D eigenvalue weighted by Gasteiger charge is -2.14. The standard InChI is InChI=1S/C16H11BrF3N3O/c1-21-15-22-14(24)13(9-3-2-4-11(17)7-9)12-8-10(16(18,19)20)5-6-23(12)15/h2-8H,1H3,(H,21,22,24). The molecule has 0 aliphatic rings. The van der Waals surface area contributed by atoms with E-state index in [9.17, 15) is 18.0 Å². The third-order valence-corrected chi connectivity index (χ3v) is 4.02. The van der Waals surface area contributed by atoms with Gasteiger partial charge < -0.3 is 5.32 Å². The van der Waals surface area contributed by atoms with Crippen LogP contribution in [0.4, 0.5) is 19.1 Å². The maximum absolute atomic E-state index is 13.1. The topological polar surface area (TPSA) is 46.4 Å². The normalized spacial score (nSPS) is 11.7. The highest BCUT2D eigenvalue weighted by molar-refractivity contribution is 9.10. The van der Waals surface area contributed by atoms with Crippen molar-refractivity contribution in [2.45, 2.75) is 6.18 Å². The maximum atomic E-state index is 13.1. The van der Waals surface area contributed by atoms with E-state index in [1.807, 2.05) is 0 Å². The summed E-state index contributed by atoms with van der Waals surface area (Å²) in [4.78, 5) is 16.3. The number of nitrogens with one attached hydrogen (secondary N) is 1. The minimum absolute atomic E-state index is 0.112. The van der Waals surface area contributed by atoms with Gasteiger partial charge in [-0.15, -0.1) is 0 Å². The van der Waals surface area contributed by atoms with E-state index in [-0.39, 0.29) is 17.0 Å². The molecule has 3 aromatic rings. The molecule has 0 saturated carbocycles. The molecule has 1 N–H and O–H groups in total. The number of fused-ring (bicyclic) bond motifs is 1. The van der Waals surface area contributed by atoms with Gasteiger partial charge in [-0.3, -0.25) is 9.20 Å². The van der Waals surface area contributed by atoms with Crippen molar-refractivity contribution in [3.05, 3.63) is 63.0 Å². The molecule has 0 saturated heterocycles. The Labute approximate surface area is 143 Å². The van der Waals surface area contributed by atoms with E-state index in [4.69, 9.17) is 0 Å². The van der Waals surface area contributed by atoms with Crippen molar-refractivity contribution in [1.82, 2.24) is 9.38 Å². The van der Waals surface area contributed by atoms with Crippen LogP contribution in [-0.2, 0) is 6.18 Å². The van der Waals surface area contributed by atoms with Crippen LogP contribution in [0.1, 0.15) is 5.56 Å². The summed E-state index contributed by atoms with van der Waals surface area (Å²) in [5, 5.41) is 2.72. The zero-order valence-corrected chi connectivity index (χ0v) is 13.9. The quantitative estimate of drug-likeness (QED) is 0.705. The van der Waals surface area contributed by atoms with Crippen molar-refractivity contribution in [3.63, 3.8) is 0 Å². The molecule has 8 heteroatoms. The van der Waals surface area contributed by atoms with Crippen LogP contribution in [0.3, 0.4) is 0 Å². The number of nitrogens with zero attached hydrogens (tertiary/aromatic N) is 2. The van der Waals surface area contributed by atoms with Gasteiger partial charge in [0.25, 0.3) is 5.56 Å². The highest BCUT2D eigenvalue weighted by Gasteiger charge is 2.31. The number of halogens is 4. The van der Waals surface area contributed by atoms with E-state index < -0.39 is 17.3 Å².